The number of rotatable bonds is 3. The fourth-order valence-corrected chi connectivity index (χ4v) is 3.54. The topological polar surface area (TPSA) is 96.3 Å². The second kappa shape index (κ2) is 6.29. The number of para-hydroxylation sites is 1. The van der Waals surface area contributed by atoms with Crippen molar-refractivity contribution in [3.8, 4) is 5.69 Å². The molecule has 2 fully saturated rings. The van der Waals surface area contributed by atoms with E-state index in [0.29, 0.717) is 12.8 Å². The molecular formula is C18H19N5O3. The van der Waals surface area contributed by atoms with Gasteiger partial charge in [0, 0.05) is 6.20 Å². The number of hydrogen-bond acceptors (Lipinski definition) is 4. The van der Waals surface area contributed by atoms with Crippen LogP contribution in [0.3, 0.4) is 0 Å². The van der Waals surface area contributed by atoms with Gasteiger partial charge in [-0.25, -0.2) is 9.48 Å². The summed E-state index contributed by atoms with van der Waals surface area (Å²) in [7, 11) is 0. The lowest BCUT2D eigenvalue weighted by Gasteiger charge is -2.30. The normalized spacial score (nSPS) is 18.8. The first kappa shape index (κ1) is 16.3. The van der Waals surface area contributed by atoms with Gasteiger partial charge >= 0.3 is 6.03 Å². The van der Waals surface area contributed by atoms with Crippen molar-refractivity contribution in [2.45, 2.75) is 37.6 Å². The first-order valence-electron chi connectivity index (χ1n) is 8.67. The third kappa shape index (κ3) is 2.73. The fraction of sp³-hybridized carbons (Fsp3) is 0.333. The molecule has 4 rings (SSSR count). The molecule has 1 spiro atoms. The van der Waals surface area contributed by atoms with Crippen molar-refractivity contribution in [1.82, 2.24) is 25.5 Å². The van der Waals surface area contributed by atoms with E-state index in [1.54, 1.807) is 10.9 Å². The minimum Gasteiger partial charge on any atom is -0.322 e. The molecule has 4 amide bonds. The van der Waals surface area contributed by atoms with Gasteiger partial charge in [-0.2, -0.15) is 10.1 Å². The summed E-state index contributed by atoms with van der Waals surface area (Å²) in [4.78, 5) is 37.4. The molecule has 134 valence electrons. The second-order valence-corrected chi connectivity index (χ2v) is 6.66. The molecule has 1 aliphatic carbocycles. The Bertz CT molecular complexity index is 855. The number of hydrogen-bond donors (Lipinski definition) is 2. The van der Waals surface area contributed by atoms with Crippen molar-refractivity contribution in [3.05, 3.63) is 48.3 Å². The third-order valence-corrected chi connectivity index (χ3v) is 4.95. The first-order valence-corrected chi connectivity index (χ1v) is 8.67. The number of nitrogens with one attached hydrogen (secondary N) is 2. The van der Waals surface area contributed by atoms with E-state index in [9.17, 15) is 14.4 Å². The molecular weight excluding hydrogens is 334 g/mol. The van der Waals surface area contributed by atoms with Gasteiger partial charge < -0.3 is 5.32 Å². The number of carbonyl (C=O) groups is 3. The Morgan fingerprint density at radius 2 is 1.85 bits per heavy atom. The van der Waals surface area contributed by atoms with Crippen LogP contribution >= 0.6 is 0 Å². The van der Waals surface area contributed by atoms with Crippen LogP contribution in [0.2, 0.25) is 0 Å². The molecule has 8 nitrogen and oxygen atoms in total. The lowest BCUT2D eigenvalue weighted by atomic mass is 9.82. The standard InChI is InChI=1S/C18H19N5O3/c24-15(13-11-19-22(12-13)14-7-3-1-4-8-14)21-23-16(25)18(20-17(23)26)9-5-2-6-10-18/h1,3-4,7-8,11-12H,2,5-6,9-10H2,(H,20,26)(H,21,24). The van der Waals surface area contributed by atoms with Gasteiger partial charge in [0.1, 0.15) is 5.54 Å². The monoisotopic (exact) mass is 353 g/mol. The number of carbonyl (C=O) groups excluding carboxylic acids is 3. The van der Waals surface area contributed by atoms with E-state index in [-0.39, 0.29) is 11.5 Å². The van der Waals surface area contributed by atoms with Gasteiger partial charge in [0.25, 0.3) is 11.8 Å². The van der Waals surface area contributed by atoms with Crippen LogP contribution in [0, 0.1) is 0 Å². The highest BCUT2D eigenvalue weighted by Gasteiger charge is 2.52. The van der Waals surface area contributed by atoms with Gasteiger partial charge in [-0.15, -0.1) is 0 Å². The van der Waals surface area contributed by atoms with Gasteiger partial charge in [0.05, 0.1) is 17.4 Å². The highest BCUT2D eigenvalue weighted by atomic mass is 16.2. The fourth-order valence-electron chi connectivity index (χ4n) is 3.54. The van der Waals surface area contributed by atoms with Gasteiger partial charge in [0.15, 0.2) is 0 Å². The van der Waals surface area contributed by atoms with Crippen molar-refractivity contribution < 1.29 is 14.4 Å². The smallest absolute Gasteiger partial charge is 0.322 e. The Balaban J connectivity index is 1.49. The Morgan fingerprint density at radius 1 is 1.12 bits per heavy atom. The molecule has 1 aromatic carbocycles. The van der Waals surface area contributed by atoms with Crippen LogP contribution in [-0.4, -0.2) is 38.2 Å². The molecule has 1 aliphatic heterocycles. The average molecular weight is 353 g/mol. The number of hydrazine groups is 1. The van der Waals surface area contributed by atoms with Gasteiger partial charge in [-0.3, -0.25) is 15.0 Å². The molecule has 1 saturated carbocycles. The molecule has 2 aromatic rings. The Morgan fingerprint density at radius 3 is 2.58 bits per heavy atom. The molecule has 0 unspecified atom stereocenters. The molecule has 2 heterocycles. The SMILES string of the molecule is O=C(NN1C(=O)NC2(CCCCC2)C1=O)c1cnn(-c2ccccc2)c1. The zero-order chi connectivity index (χ0) is 18.1. The zero-order valence-corrected chi connectivity index (χ0v) is 14.1. The van der Waals surface area contributed by atoms with Crippen molar-refractivity contribution in [2.24, 2.45) is 0 Å². The summed E-state index contributed by atoms with van der Waals surface area (Å²) in [5, 5.41) is 7.71. The van der Waals surface area contributed by atoms with Crippen molar-refractivity contribution in [2.75, 3.05) is 0 Å². The minimum atomic E-state index is -0.864. The van der Waals surface area contributed by atoms with Gasteiger partial charge in [-0.05, 0) is 25.0 Å². The highest BCUT2D eigenvalue weighted by Crippen LogP contribution is 2.33. The molecule has 8 heteroatoms. The molecule has 2 N–H and O–H groups in total. The summed E-state index contributed by atoms with van der Waals surface area (Å²) in [5.74, 6) is -0.936. The predicted molar refractivity (Wildman–Crippen MR) is 92.2 cm³/mol. The maximum absolute atomic E-state index is 12.7. The van der Waals surface area contributed by atoms with Crippen LogP contribution in [0.4, 0.5) is 4.79 Å². The maximum atomic E-state index is 12.7. The van der Waals surface area contributed by atoms with Crippen LogP contribution in [-0.2, 0) is 4.79 Å². The lowest BCUT2D eigenvalue weighted by Crippen LogP contribution is -2.50. The van der Waals surface area contributed by atoms with Crippen LogP contribution in [0.5, 0.6) is 0 Å². The van der Waals surface area contributed by atoms with E-state index in [1.165, 1.54) is 6.20 Å². The summed E-state index contributed by atoms with van der Waals surface area (Å²) in [6, 6.07) is 8.76. The Hall–Kier alpha value is -3.16. The van der Waals surface area contributed by atoms with Gasteiger partial charge in [0.2, 0.25) is 0 Å². The molecule has 0 atom stereocenters. The largest absolute Gasteiger partial charge is 0.344 e. The number of aromatic nitrogens is 2. The summed E-state index contributed by atoms with van der Waals surface area (Å²) < 4.78 is 1.56. The van der Waals surface area contributed by atoms with E-state index in [4.69, 9.17) is 0 Å². The summed E-state index contributed by atoms with van der Waals surface area (Å²) in [6.45, 7) is 0. The van der Waals surface area contributed by atoms with Crippen molar-refractivity contribution in [1.29, 1.82) is 0 Å². The minimum absolute atomic E-state index is 0.263. The van der Waals surface area contributed by atoms with Crippen LogP contribution in [0.25, 0.3) is 5.69 Å². The summed E-state index contributed by atoms with van der Waals surface area (Å²) >= 11 is 0. The number of nitrogens with zero attached hydrogens (tertiary/aromatic N) is 3. The summed E-state index contributed by atoms with van der Waals surface area (Å²) in [6.07, 6.45) is 6.99. The van der Waals surface area contributed by atoms with E-state index >= 15 is 0 Å². The van der Waals surface area contributed by atoms with Crippen LogP contribution < -0.4 is 10.7 Å². The quantitative estimate of drug-likeness (QED) is 0.822. The molecule has 1 aromatic heterocycles. The van der Waals surface area contributed by atoms with E-state index in [1.807, 2.05) is 30.3 Å². The average Bonchev–Trinajstić information content (AvgIpc) is 3.24. The molecule has 1 saturated heterocycles. The number of urea groups is 1. The lowest BCUT2D eigenvalue weighted by molar-refractivity contribution is -0.134. The van der Waals surface area contributed by atoms with Crippen molar-refractivity contribution >= 4 is 17.8 Å². The molecule has 0 bridgehead atoms. The highest BCUT2D eigenvalue weighted by molar-refractivity contribution is 6.09. The summed E-state index contributed by atoms with van der Waals surface area (Å²) in [5.41, 5.74) is 2.62. The third-order valence-electron chi connectivity index (χ3n) is 4.95. The van der Waals surface area contributed by atoms with Crippen LogP contribution in [0.15, 0.2) is 42.7 Å². The number of benzene rings is 1. The molecule has 2 aliphatic rings. The van der Waals surface area contributed by atoms with Crippen molar-refractivity contribution in [3.63, 3.8) is 0 Å². The van der Waals surface area contributed by atoms with Gasteiger partial charge in [-0.1, -0.05) is 37.5 Å². The molecule has 0 radical (unpaired) electrons. The second-order valence-electron chi connectivity index (χ2n) is 6.66. The number of amides is 4. The first-order chi connectivity index (χ1) is 12.6. The predicted octanol–water partition coefficient (Wildman–Crippen LogP) is 1.77. The maximum Gasteiger partial charge on any atom is 0.344 e. The zero-order valence-electron chi connectivity index (χ0n) is 14.1. The van der Waals surface area contributed by atoms with E-state index < -0.39 is 17.5 Å². The Kier molecular flexibility index (Phi) is 3.95. The Labute approximate surface area is 150 Å². The van der Waals surface area contributed by atoms with Crippen LogP contribution in [0.1, 0.15) is 42.5 Å². The molecule has 26 heavy (non-hydrogen) atoms. The van der Waals surface area contributed by atoms with E-state index in [2.05, 4.69) is 15.8 Å². The van der Waals surface area contributed by atoms with E-state index in [0.717, 1.165) is 30.0 Å². The number of imide groups is 1.